The average Bonchev–Trinajstić information content (AvgIpc) is 3.43. The molecule has 184 valence electrons. The number of amides is 2. The van der Waals surface area contributed by atoms with Crippen LogP contribution in [0.3, 0.4) is 0 Å². The van der Waals surface area contributed by atoms with Crippen LogP contribution in [0.15, 0.2) is 60.0 Å². The highest BCUT2D eigenvalue weighted by Crippen LogP contribution is 2.31. The number of piperazine rings is 1. The molecule has 8 heteroatoms. The Bertz CT molecular complexity index is 1150. The van der Waals surface area contributed by atoms with Gasteiger partial charge < -0.3 is 25.2 Å². The van der Waals surface area contributed by atoms with Gasteiger partial charge in [0.25, 0.3) is 11.8 Å². The minimum atomic E-state index is -0.174. The normalized spacial score (nSPS) is 13.6. The van der Waals surface area contributed by atoms with Gasteiger partial charge in [-0.2, -0.15) is 0 Å². The average molecular weight is 493 g/mol. The molecule has 2 amide bonds. The van der Waals surface area contributed by atoms with Gasteiger partial charge in [0, 0.05) is 44.1 Å². The van der Waals surface area contributed by atoms with E-state index in [4.69, 9.17) is 4.74 Å². The molecule has 0 unspecified atom stereocenters. The fourth-order valence-corrected chi connectivity index (χ4v) is 4.76. The minimum Gasteiger partial charge on any atom is -0.495 e. The molecule has 0 atom stereocenters. The highest BCUT2D eigenvalue weighted by molar-refractivity contribution is 7.12. The lowest BCUT2D eigenvalue weighted by atomic mass is 10.1. The topological polar surface area (TPSA) is 73.9 Å². The first-order chi connectivity index (χ1) is 17.0. The van der Waals surface area contributed by atoms with Gasteiger partial charge in [0.2, 0.25) is 0 Å². The van der Waals surface area contributed by atoms with Crippen LogP contribution in [-0.2, 0) is 0 Å². The molecule has 1 aliphatic rings. The van der Waals surface area contributed by atoms with Crippen LogP contribution >= 0.6 is 11.3 Å². The quantitative estimate of drug-likeness (QED) is 0.476. The largest absolute Gasteiger partial charge is 0.495 e. The van der Waals surface area contributed by atoms with E-state index in [0.717, 1.165) is 43.3 Å². The Balaban J connectivity index is 1.54. The van der Waals surface area contributed by atoms with Crippen LogP contribution < -0.4 is 25.2 Å². The van der Waals surface area contributed by atoms with Crippen molar-refractivity contribution in [2.24, 2.45) is 5.92 Å². The standard InChI is InChI=1S/C27H32N4O3S/c1-19(2)18-28-26(32)21-17-20(29-27(33)25-9-6-16-35-25)10-11-22(21)30-12-14-31(15-13-30)23-7-4-5-8-24(23)34-3/h4-11,16-17,19H,12-15,18H2,1-3H3,(H,28,32)(H,29,33). The Hall–Kier alpha value is -3.52. The third-order valence-corrected chi connectivity index (χ3v) is 6.83. The summed E-state index contributed by atoms with van der Waals surface area (Å²) in [5, 5.41) is 7.83. The van der Waals surface area contributed by atoms with E-state index >= 15 is 0 Å². The highest BCUT2D eigenvalue weighted by Gasteiger charge is 2.24. The van der Waals surface area contributed by atoms with Crippen LogP contribution in [-0.4, -0.2) is 51.6 Å². The second-order valence-corrected chi connectivity index (χ2v) is 9.86. The SMILES string of the molecule is COc1ccccc1N1CCN(c2ccc(NC(=O)c3cccs3)cc2C(=O)NCC(C)C)CC1. The summed E-state index contributed by atoms with van der Waals surface area (Å²) in [5.74, 6) is 0.897. The molecule has 4 rings (SSSR count). The summed E-state index contributed by atoms with van der Waals surface area (Å²) >= 11 is 1.39. The minimum absolute atomic E-state index is 0.131. The lowest BCUT2D eigenvalue weighted by Crippen LogP contribution is -2.47. The predicted molar refractivity (Wildman–Crippen MR) is 143 cm³/mol. The lowest BCUT2D eigenvalue weighted by Gasteiger charge is -2.38. The smallest absolute Gasteiger partial charge is 0.265 e. The zero-order chi connectivity index (χ0) is 24.8. The fourth-order valence-electron chi connectivity index (χ4n) is 4.14. The van der Waals surface area contributed by atoms with Gasteiger partial charge in [-0.3, -0.25) is 9.59 Å². The summed E-state index contributed by atoms with van der Waals surface area (Å²) in [6.07, 6.45) is 0. The molecule has 2 aromatic carbocycles. The third kappa shape index (κ3) is 5.95. The molecule has 1 fully saturated rings. The number of ether oxygens (including phenoxy) is 1. The molecule has 0 bridgehead atoms. The van der Waals surface area contributed by atoms with E-state index in [-0.39, 0.29) is 11.8 Å². The molecule has 0 radical (unpaired) electrons. The number of benzene rings is 2. The Morgan fingerprint density at radius 1 is 0.943 bits per heavy atom. The summed E-state index contributed by atoms with van der Waals surface area (Å²) in [6.45, 7) is 7.87. The summed E-state index contributed by atoms with van der Waals surface area (Å²) in [4.78, 5) is 30.9. The summed E-state index contributed by atoms with van der Waals surface area (Å²) in [6, 6.07) is 17.3. The van der Waals surface area contributed by atoms with E-state index in [1.807, 2.05) is 41.8 Å². The van der Waals surface area contributed by atoms with Crippen molar-refractivity contribution in [1.29, 1.82) is 0 Å². The van der Waals surface area contributed by atoms with Crippen molar-refractivity contribution >= 4 is 40.2 Å². The van der Waals surface area contributed by atoms with Crippen molar-refractivity contribution in [2.45, 2.75) is 13.8 Å². The number of nitrogens with zero attached hydrogens (tertiary/aromatic N) is 2. The van der Waals surface area contributed by atoms with Crippen LogP contribution in [0.2, 0.25) is 0 Å². The molecule has 0 spiro atoms. The molecule has 0 aliphatic carbocycles. The third-order valence-electron chi connectivity index (χ3n) is 5.96. The number of hydrogen-bond acceptors (Lipinski definition) is 6. The lowest BCUT2D eigenvalue weighted by molar-refractivity contribution is 0.0948. The number of methoxy groups -OCH3 is 1. The van der Waals surface area contributed by atoms with E-state index in [9.17, 15) is 9.59 Å². The number of para-hydroxylation sites is 2. The van der Waals surface area contributed by atoms with E-state index < -0.39 is 0 Å². The maximum absolute atomic E-state index is 13.2. The van der Waals surface area contributed by atoms with Crippen molar-refractivity contribution < 1.29 is 14.3 Å². The molecule has 35 heavy (non-hydrogen) atoms. The Labute approximate surface area is 210 Å². The first-order valence-corrected chi connectivity index (χ1v) is 12.7. The number of anilines is 3. The summed E-state index contributed by atoms with van der Waals surface area (Å²) in [7, 11) is 1.69. The number of thiophene rings is 1. The van der Waals surface area contributed by atoms with Crippen molar-refractivity contribution in [3.8, 4) is 5.75 Å². The first kappa shape index (κ1) is 24.6. The van der Waals surface area contributed by atoms with E-state index in [0.29, 0.717) is 28.6 Å². The molecular weight excluding hydrogens is 460 g/mol. The van der Waals surface area contributed by atoms with Gasteiger partial charge in [0.15, 0.2) is 0 Å². The van der Waals surface area contributed by atoms with Crippen molar-refractivity contribution in [3.05, 3.63) is 70.4 Å². The van der Waals surface area contributed by atoms with Crippen molar-refractivity contribution in [1.82, 2.24) is 5.32 Å². The van der Waals surface area contributed by atoms with E-state index in [2.05, 4.69) is 40.3 Å². The van der Waals surface area contributed by atoms with Gasteiger partial charge in [-0.15, -0.1) is 11.3 Å². The first-order valence-electron chi connectivity index (χ1n) is 11.9. The summed E-state index contributed by atoms with van der Waals surface area (Å²) in [5.41, 5.74) is 3.13. The second-order valence-electron chi connectivity index (χ2n) is 8.91. The van der Waals surface area contributed by atoms with Crippen LogP contribution in [0.25, 0.3) is 0 Å². The zero-order valence-electron chi connectivity index (χ0n) is 20.4. The van der Waals surface area contributed by atoms with Gasteiger partial charge in [0.05, 0.1) is 23.2 Å². The maximum Gasteiger partial charge on any atom is 0.265 e. The zero-order valence-corrected chi connectivity index (χ0v) is 21.2. The van der Waals surface area contributed by atoms with E-state index in [1.165, 1.54) is 11.3 Å². The molecule has 7 nitrogen and oxygen atoms in total. The molecule has 3 aromatic rings. The number of rotatable bonds is 8. The second kappa shape index (κ2) is 11.3. The number of carbonyl (C=O) groups is 2. The monoisotopic (exact) mass is 492 g/mol. The van der Waals surface area contributed by atoms with Gasteiger partial charge in [-0.25, -0.2) is 0 Å². The number of carbonyl (C=O) groups excluding carboxylic acids is 2. The Morgan fingerprint density at radius 2 is 1.66 bits per heavy atom. The molecular formula is C27H32N4O3S. The fraction of sp³-hybridized carbons (Fsp3) is 0.333. The van der Waals surface area contributed by atoms with Crippen molar-refractivity contribution in [3.63, 3.8) is 0 Å². The van der Waals surface area contributed by atoms with Crippen LogP contribution in [0, 0.1) is 5.92 Å². The maximum atomic E-state index is 13.2. The molecule has 2 N–H and O–H groups in total. The van der Waals surface area contributed by atoms with Gasteiger partial charge in [0.1, 0.15) is 5.75 Å². The van der Waals surface area contributed by atoms with Gasteiger partial charge in [-0.05, 0) is 47.7 Å². The van der Waals surface area contributed by atoms with Crippen LogP contribution in [0.1, 0.15) is 33.9 Å². The van der Waals surface area contributed by atoms with Gasteiger partial charge in [-0.1, -0.05) is 32.0 Å². The molecule has 1 aliphatic heterocycles. The molecule has 0 saturated carbocycles. The number of hydrogen-bond donors (Lipinski definition) is 2. The van der Waals surface area contributed by atoms with E-state index in [1.54, 1.807) is 19.2 Å². The molecule has 1 aromatic heterocycles. The molecule has 2 heterocycles. The Morgan fingerprint density at radius 3 is 2.31 bits per heavy atom. The summed E-state index contributed by atoms with van der Waals surface area (Å²) < 4.78 is 5.54. The predicted octanol–water partition coefficient (Wildman–Crippen LogP) is 4.72. The van der Waals surface area contributed by atoms with Crippen LogP contribution in [0.4, 0.5) is 17.1 Å². The molecule has 1 saturated heterocycles. The van der Waals surface area contributed by atoms with Gasteiger partial charge >= 0.3 is 0 Å². The van der Waals surface area contributed by atoms with Crippen LogP contribution in [0.5, 0.6) is 5.75 Å². The highest BCUT2D eigenvalue weighted by atomic mass is 32.1. The van der Waals surface area contributed by atoms with Crippen molar-refractivity contribution in [2.75, 3.05) is 55.0 Å². The Kier molecular flexibility index (Phi) is 7.92. The number of nitrogens with one attached hydrogen (secondary N) is 2.